The summed E-state index contributed by atoms with van der Waals surface area (Å²) in [6, 6.07) is 18.8. The molecule has 2 amide bonds. The molecular formula is C26H26FN3O4. The average molecular weight is 464 g/mol. The number of hydrogen-bond donors (Lipinski definition) is 2. The van der Waals surface area contributed by atoms with Gasteiger partial charge in [0.05, 0.1) is 13.3 Å². The van der Waals surface area contributed by atoms with Crippen molar-refractivity contribution in [3.63, 3.8) is 0 Å². The van der Waals surface area contributed by atoms with Crippen LogP contribution in [0.1, 0.15) is 29.5 Å². The summed E-state index contributed by atoms with van der Waals surface area (Å²) in [7, 11) is 1.55. The Morgan fingerprint density at radius 2 is 1.65 bits per heavy atom. The molecule has 3 aromatic carbocycles. The number of nitrogens with one attached hydrogen (secondary N) is 2. The first-order chi connectivity index (χ1) is 16.4. The van der Waals surface area contributed by atoms with Gasteiger partial charge in [0.15, 0.2) is 11.5 Å². The van der Waals surface area contributed by atoms with E-state index in [1.165, 1.54) is 36.0 Å². The molecule has 176 valence electrons. The minimum atomic E-state index is -0.407. The minimum Gasteiger partial charge on any atom is -0.493 e. The third-order valence-corrected chi connectivity index (χ3v) is 4.81. The smallest absolute Gasteiger partial charge is 0.240 e. The SMILES string of the molecule is COc1cc(C=NNC(=O)CCC(=O)Nc2ccc(F)cc2)ccc1OCc1ccc(C)cc1. The number of carbonyl (C=O) groups is 2. The quantitative estimate of drug-likeness (QED) is 0.340. The van der Waals surface area contributed by atoms with Crippen molar-refractivity contribution in [1.29, 1.82) is 0 Å². The van der Waals surface area contributed by atoms with Gasteiger partial charge in [0.2, 0.25) is 11.8 Å². The zero-order valence-corrected chi connectivity index (χ0v) is 19.0. The second-order valence-electron chi connectivity index (χ2n) is 7.53. The summed E-state index contributed by atoms with van der Waals surface area (Å²) in [6.07, 6.45) is 1.40. The van der Waals surface area contributed by atoms with E-state index in [0.717, 1.165) is 5.56 Å². The van der Waals surface area contributed by atoms with Gasteiger partial charge in [-0.1, -0.05) is 29.8 Å². The van der Waals surface area contributed by atoms with Crippen LogP contribution < -0.4 is 20.2 Å². The highest BCUT2D eigenvalue weighted by atomic mass is 19.1. The van der Waals surface area contributed by atoms with Gasteiger partial charge >= 0.3 is 0 Å². The number of rotatable bonds is 10. The van der Waals surface area contributed by atoms with Gasteiger partial charge in [-0.3, -0.25) is 9.59 Å². The standard InChI is InChI=1S/C26H26FN3O4/c1-18-3-5-19(6-4-18)17-34-23-12-7-20(15-24(23)33-2)16-28-30-26(32)14-13-25(31)29-22-10-8-21(27)9-11-22/h3-12,15-16H,13-14,17H2,1-2H3,(H,29,31)(H,30,32). The first-order valence-corrected chi connectivity index (χ1v) is 10.7. The average Bonchev–Trinajstić information content (AvgIpc) is 2.84. The number of ether oxygens (including phenoxy) is 2. The molecule has 0 spiro atoms. The van der Waals surface area contributed by atoms with Gasteiger partial charge in [-0.15, -0.1) is 0 Å². The van der Waals surface area contributed by atoms with Crippen molar-refractivity contribution in [1.82, 2.24) is 5.43 Å². The number of amides is 2. The number of carbonyl (C=O) groups excluding carboxylic acids is 2. The minimum absolute atomic E-state index is 0.0282. The molecule has 0 atom stereocenters. The van der Waals surface area contributed by atoms with Crippen LogP contribution >= 0.6 is 0 Å². The van der Waals surface area contributed by atoms with Gasteiger partial charge in [0.1, 0.15) is 12.4 Å². The normalized spacial score (nSPS) is 10.7. The predicted octanol–water partition coefficient (Wildman–Crippen LogP) is 4.59. The molecule has 8 heteroatoms. The van der Waals surface area contributed by atoms with Crippen molar-refractivity contribution >= 4 is 23.7 Å². The first-order valence-electron chi connectivity index (χ1n) is 10.7. The van der Waals surface area contributed by atoms with Crippen LogP contribution in [0.4, 0.5) is 10.1 Å². The van der Waals surface area contributed by atoms with Crippen molar-refractivity contribution in [2.75, 3.05) is 12.4 Å². The van der Waals surface area contributed by atoms with Crippen LogP contribution in [0.25, 0.3) is 0 Å². The second-order valence-corrected chi connectivity index (χ2v) is 7.53. The molecule has 0 aliphatic carbocycles. The zero-order chi connectivity index (χ0) is 24.3. The molecule has 0 radical (unpaired) electrons. The molecule has 0 heterocycles. The number of benzene rings is 3. The summed E-state index contributed by atoms with van der Waals surface area (Å²) in [6.45, 7) is 2.44. The Morgan fingerprint density at radius 1 is 0.941 bits per heavy atom. The molecule has 0 saturated heterocycles. The summed E-state index contributed by atoms with van der Waals surface area (Å²) in [4.78, 5) is 23.9. The highest BCUT2D eigenvalue weighted by Gasteiger charge is 2.08. The summed E-state index contributed by atoms with van der Waals surface area (Å²) < 4.78 is 24.2. The predicted molar refractivity (Wildman–Crippen MR) is 129 cm³/mol. The number of aryl methyl sites for hydroxylation is 1. The molecule has 0 bridgehead atoms. The monoisotopic (exact) mass is 463 g/mol. The Kier molecular flexibility index (Phi) is 8.73. The van der Waals surface area contributed by atoms with Gasteiger partial charge in [-0.25, -0.2) is 9.82 Å². The molecular weight excluding hydrogens is 437 g/mol. The summed E-state index contributed by atoms with van der Waals surface area (Å²) in [5.41, 5.74) is 5.79. The van der Waals surface area contributed by atoms with Gasteiger partial charge in [-0.2, -0.15) is 5.10 Å². The van der Waals surface area contributed by atoms with Crippen molar-refractivity contribution in [3.8, 4) is 11.5 Å². The van der Waals surface area contributed by atoms with Crippen molar-refractivity contribution in [3.05, 3.63) is 89.2 Å². The van der Waals surface area contributed by atoms with E-state index in [-0.39, 0.29) is 18.7 Å². The third kappa shape index (κ3) is 7.74. The molecule has 0 aliphatic rings. The van der Waals surface area contributed by atoms with Crippen LogP contribution in [0.5, 0.6) is 11.5 Å². The van der Waals surface area contributed by atoms with Crippen LogP contribution in [-0.4, -0.2) is 25.1 Å². The lowest BCUT2D eigenvalue weighted by Crippen LogP contribution is -2.20. The van der Waals surface area contributed by atoms with Crippen LogP contribution in [0, 0.1) is 12.7 Å². The van der Waals surface area contributed by atoms with Crippen molar-refractivity contribution in [2.45, 2.75) is 26.4 Å². The Balaban J connectivity index is 1.45. The molecule has 0 fully saturated rings. The van der Waals surface area contributed by atoms with E-state index in [9.17, 15) is 14.0 Å². The van der Waals surface area contributed by atoms with E-state index in [4.69, 9.17) is 9.47 Å². The largest absolute Gasteiger partial charge is 0.493 e. The van der Waals surface area contributed by atoms with Crippen molar-refractivity contribution < 1.29 is 23.5 Å². The molecule has 7 nitrogen and oxygen atoms in total. The lowest BCUT2D eigenvalue weighted by atomic mass is 10.2. The molecule has 0 unspecified atom stereocenters. The number of anilines is 1. The Labute approximate surface area is 197 Å². The van der Waals surface area contributed by atoms with Gasteiger partial charge in [0, 0.05) is 18.5 Å². The Hall–Kier alpha value is -4.20. The summed E-state index contributed by atoms with van der Waals surface area (Å²) in [5, 5.41) is 6.52. The van der Waals surface area contributed by atoms with E-state index < -0.39 is 11.7 Å². The number of nitrogens with zero attached hydrogens (tertiary/aromatic N) is 1. The van der Waals surface area contributed by atoms with E-state index in [1.807, 2.05) is 31.2 Å². The maximum Gasteiger partial charge on any atom is 0.240 e. The maximum absolute atomic E-state index is 12.9. The lowest BCUT2D eigenvalue weighted by molar-refractivity contribution is -0.124. The lowest BCUT2D eigenvalue weighted by Gasteiger charge is -2.11. The van der Waals surface area contributed by atoms with Crippen molar-refractivity contribution in [2.24, 2.45) is 5.10 Å². The highest BCUT2D eigenvalue weighted by molar-refractivity contribution is 5.93. The topological polar surface area (TPSA) is 89.0 Å². The molecule has 3 rings (SSSR count). The number of halogens is 1. The summed E-state index contributed by atoms with van der Waals surface area (Å²) in [5.74, 6) is -0.0132. The fourth-order valence-corrected chi connectivity index (χ4v) is 2.95. The van der Waals surface area contributed by atoms with Crippen LogP contribution in [-0.2, 0) is 16.2 Å². The fraction of sp³-hybridized carbons (Fsp3) is 0.192. The Morgan fingerprint density at radius 3 is 2.35 bits per heavy atom. The number of hydrazone groups is 1. The maximum atomic E-state index is 12.9. The fourth-order valence-electron chi connectivity index (χ4n) is 2.95. The van der Waals surface area contributed by atoms with E-state index in [2.05, 4.69) is 15.8 Å². The summed E-state index contributed by atoms with van der Waals surface area (Å²) >= 11 is 0. The number of hydrogen-bond acceptors (Lipinski definition) is 5. The molecule has 0 aromatic heterocycles. The second kappa shape index (κ2) is 12.2. The molecule has 34 heavy (non-hydrogen) atoms. The van der Waals surface area contributed by atoms with Crippen LogP contribution in [0.15, 0.2) is 71.8 Å². The molecule has 3 aromatic rings. The number of methoxy groups -OCH3 is 1. The van der Waals surface area contributed by atoms with Crippen LogP contribution in [0.3, 0.4) is 0 Å². The molecule has 2 N–H and O–H groups in total. The highest BCUT2D eigenvalue weighted by Crippen LogP contribution is 2.28. The van der Waals surface area contributed by atoms with E-state index in [1.54, 1.807) is 25.3 Å². The van der Waals surface area contributed by atoms with Gasteiger partial charge in [-0.05, 0) is 60.5 Å². The molecule has 0 saturated carbocycles. The zero-order valence-electron chi connectivity index (χ0n) is 19.0. The molecule has 0 aliphatic heterocycles. The van der Waals surface area contributed by atoms with Crippen LogP contribution in [0.2, 0.25) is 0 Å². The first kappa shape index (κ1) is 24.4. The van der Waals surface area contributed by atoms with Gasteiger partial charge in [0.25, 0.3) is 0 Å². The van der Waals surface area contributed by atoms with E-state index >= 15 is 0 Å². The third-order valence-electron chi connectivity index (χ3n) is 4.81. The van der Waals surface area contributed by atoms with E-state index in [0.29, 0.717) is 29.4 Å². The Bertz CT molecular complexity index is 1150. The van der Waals surface area contributed by atoms with Gasteiger partial charge < -0.3 is 14.8 Å².